The number of amides is 2. The van der Waals surface area contributed by atoms with Gasteiger partial charge in [0.15, 0.2) is 0 Å². The fraction of sp³-hybridized carbons (Fsp3) is 0.667. The zero-order valence-corrected chi connectivity index (χ0v) is 15.1. The van der Waals surface area contributed by atoms with E-state index in [4.69, 9.17) is 9.97 Å². The Morgan fingerprint density at radius 2 is 1.92 bits per heavy atom. The second kappa shape index (κ2) is 7.80. The average molecular weight is 345 g/mol. The van der Waals surface area contributed by atoms with Crippen molar-refractivity contribution in [1.82, 2.24) is 20.2 Å². The van der Waals surface area contributed by atoms with Gasteiger partial charge in [0.25, 0.3) is 0 Å². The van der Waals surface area contributed by atoms with E-state index in [-0.39, 0.29) is 11.8 Å². The molecule has 2 aliphatic rings. The van der Waals surface area contributed by atoms with Gasteiger partial charge in [-0.2, -0.15) is 0 Å². The van der Waals surface area contributed by atoms with Crippen LogP contribution in [0.4, 0.5) is 5.82 Å². The highest BCUT2D eigenvalue weighted by Crippen LogP contribution is 2.38. The number of nitrogens with one attached hydrogen (secondary N) is 1. The Hall–Kier alpha value is -2.18. The molecule has 2 amide bonds. The van der Waals surface area contributed by atoms with Crippen LogP contribution in [0.2, 0.25) is 0 Å². The summed E-state index contributed by atoms with van der Waals surface area (Å²) < 4.78 is 0. The quantitative estimate of drug-likeness (QED) is 0.835. The molecule has 1 aromatic heterocycles. The SMILES string of the molecule is CCC(=O)NCCc1cc(N2CCN(C(C)=O)CC2)nc(C2CC2)n1. The van der Waals surface area contributed by atoms with Crippen molar-refractivity contribution in [2.45, 2.75) is 45.4 Å². The van der Waals surface area contributed by atoms with E-state index < -0.39 is 0 Å². The summed E-state index contributed by atoms with van der Waals surface area (Å²) in [6.45, 7) is 7.14. The van der Waals surface area contributed by atoms with Crippen LogP contribution >= 0.6 is 0 Å². The highest BCUT2D eigenvalue weighted by molar-refractivity contribution is 5.75. The lowest BCUT2D eigenvalue weighted by molar-refractivity contribution is -0.129. The fourth-order valence-corrected chi connectivity index (χ4v) is 3.02. The molecule has 1 aromatic rings. The Kier molecular flexibility index (Phi) is 5.50. The first-order valence-electron chi connectivity index (χ1n) is 9.22. The van der Waals surface area contributed by atoms with Crippen molar-refractivity contribution in [3.8, 4) is 0 Å². The molecule has 1 aliphatic heterocycles. The molecule has 7 heteroatoms. The standard InChI is InChI=1S/C18H27N5O2/c1-3-17(25)19-7-6-15-12-16(21-18(20-15)14-4-5-14)23-10-8-22(9-11-23)13(2)24/h12,14H,3-11H2,1-2H3,(H,19,25). The van der Waals surface area contributed by atoms with Gasteiger partial charge in [0, 0.05) is 70.2 Å². The molecule has 7 nitrogen and oxygen atoms in total. The topological polar surface area (TPSA) is 78.4 Å². The van der Waals surface area contributed by atoms with Crippen LogP contribution in [0.1, 0.15) is 50.5 Å². The Morgan fingerprint density at radius 3 is 2.52 bits per heavy atom. The van der Waals surface area contributed by atoms with Crippen LogP contribution in [-0.4, -0.2) is 59.4 Å². The molecule has 0 atom stereocenters. The Balaban J connectivity index is 1.68. The van der Waals surface area contributed by atoms with Crippen LogP contribution in [-0.2, 0) is 16.0 Å². The molecular weight excluding hydrogens is 318 g/mol. The number of hydrogen-bond donors (Lipinski definition) is 1. The van der Waals surface area contributed by atoms with Crippen LogP contribution in [0.25, 0.3) is 0 Å². The fourth-order valence-electron chi connectivity index (χ4n) is 3.02. The van der Waals surface area contributed by atoms with Crippen molar-refractivity contribution >= 4 is 17.6 Å². The number of aromatic nitrogens is 2. The minimum atomic E-state index is 0.0667. The molecule has 0 radical (unpaired) electrons. The van der Waals surface area contributed by atoms with Crippen LogP contribution < -0.4 is 10.2 Å². The van der Waals surface area contributed by atoms with Crippen molar-refractivity contribution in [1.29, 1.82) is 0 Å². The van der Waals surface area contributed by atoms with Gasteiger partial charge in [-0.1, -0.05) is 6.92 Å². The Labute approximate surface area is 148 Å². The van der Waals surface area contributed by atoms with Crippen molar-refractivity contribution < 1.29 is 9.59 Å². The normalized spacial score (nSPS) is 17.5. The Bertz CT molecular complexity index is 636. The third kappa shape index (κ3) is 4.67. The number of piperazine rings is 1. The van der Waals surface area contributed by atoms with Gasteiger partial charge < -0.3 is 15.1 Å². The summed E-state index contributed by atoms with van der Waals surface area (Å²) in [7, 11) is 0. The number of nitrogens with zero attached hydrogens (tertiary/aromatic N) is 4. The summed E-state index contributed by atoms with van der Waals surface area (Å²) in [5.41, 5.74) is 0.984. The van der Waals surface area contributed by atoms with Crippen LogP contribution in [0, 0.1) is 0 Å². The second-order valence-corrected chi connectivity index (χ2v) is 6.80. The van der Waals surface area contributed by atoms with E-state index >= 15 is 0 Å². The lowest BCUT2D eigenvalue weighted by atomic mass is 10.2. The van der Waals surface area contributed by atoms with E-state index in [9.17, 15) is 9.59 Å². The van der Waals surface area contributed by atoms with Gasteiger partial charge in [0.1, 0.15) is 11.6 Å². The van der Waals surface area contributed by atoms with Crippen molar-refractivity contribution in [3.05, 3.63) is 17.6 Å². The van der Waals surface area contributed by atoms with E-state index in [0.717, 1.165) is 56.4 Å². The lowest BCUT2D eigenvalue weighted by Crippen LogP contribution is -2.48. The van der Waals surface area contributed by atoms with E-state index in [0.29, 0.717) is 25.3 Å². The first-order valence-corrected chi connectivity index (χ1v) is 9.22. The molecule has 1 saturated carbocycles. The molecule has 0 spiro atoms. The molecule has 136 valence electrons. The summed E-state index contributed by atoms with van der Waals surface area (Å²) in [5, 5.41) is 2.91. The van der Waals surface area contributed by atoms with E-state index in [1.807, 2.05) is 17.9 Å². The smallest absolute Gasteiger partial charge is 0.219 e. The molecule has 25 heavy (non-hydrogen) atoms. The average Bonchev–Trinajstić information content (AvgIpc) is 3.46. The molecule has 2 fully saturated rings. The van der Waals surface area contributed by atoms with E-state index in [1.54, 1.807) is 6.92 Å². The number of rotatable bonds is 6. The van der Waals surface area contributed by atoms with Crippen LogP contribution in [0.3, 0.4) is 0 Å². The maximum absolute atomic E-state index is 11.5. The van der Waals surface area contributed by atoms with Crippen molar-refractivity contribution in [3.63, 3.8) is 0 Å². The van der Waals surface area contributed by atoms with Gasteiger partial charge in [0.2, 0.25) is 11.8 Å². The van der Waals surface area contributed by atoms with Crippen LogP contribution in [0.15, 0.2) is 6.07 Å². The molecular formula is C18H27N5O2. The lowest BCUT2D eigenvalue weighted by Gasteiger charge is -2.35. The summed E-state index contributed by atoms with van der Waals surface area (Å²) >= 11 is 0. The highest BCUT2D eigenvalue weighted by atomic mass is 16.2. The molecule has 0 bridgehead atoms. The van der Waals surface area contributed by atoms with Crippen molar-refractivity contribution in [2.75, 3.05) is 37.6 Å². The minimum Gasteiger partial charge on any atom is -0.356 e. The number of anilines is 1. The molecule has 3 rings (SSSR count). The first-order chi connectivity index (χ1) is 12.1. The summed E-state index contributed by atoms with van der Waals surface area (Å²) in [6, 6.07) is 2.04. The summed E-state index contributed by atoms with van der Waals surface area (Å²) in [4.78, 5) is 36.5. The molecule has 1 aliphatic carbocycles. The zero-order chi connectivity index (χ0) is 17.8. The molecule has 2 heterocycles. The number of carbonyl (C=O) groups is 2. The first kappa shape index (κ1) is 17.6. The maximum Gasteiger partial charge on any atom is 0.219 e. The predicted octanol–water partition coefficient (Wildman–Crippen LogP) is 1.09. The molecule has 1 N–H and O–H groups in total. The second-order valence-electron chi connectivity index (χ2n) is 6.80. The summed E-state index contributed by atoms with van der Waals surface area (Å²) in [6.07, 6.45) is 3.54. The van der Waals surface area contributed by atoms with Gasteiger partial charge in [0.05, 0.1) is 0 Å². The number of hydrogen-bond acceptors (Lipinski definition) is 5. The monoisotopic (exact) mass is 345 g/mol. The summed E-state index contributed by atoms with van der Waals surface area (Å²) in [5.74, 6) is 2.58. The maximum atomic E-state index is 11.5. The van der Waals surface area contributed by atoms with Crippen molar-refractivity contribution in [2.24, 2.45) is 0 Å². The minimum absolute atomic E-state index is 0.0667. The van der Waals surface area contributed by atoms with E-state index in [2.05, 4.69) is 10.2 Å². The number of carbonyl (C=O) groups excluding carboxylic acids is 2. The van der Waals surface area contributed by atoms with Gasteiger partial charge in [-0.15, -0.1) is 0 Å². The highest BCUT2D eigenvalue weighted by Gasteiger charge is 2.28. The van der Waals surface area contributed by atoms with Gasteiger partial charge in [-0.05, 0) is 12.8 Å². The third-order valence-corrected chi connectivity index (χ3v) is 4.80. The Morgan fingerprint density at radius 1 is 1.20 bits per heavy atom. The third-order valence-electron chi connectivity index (χ3n) is 4.80. The predicted molar refractivity (Wildman–Crippen MR) is 95.5 cm³/mol. The molecule has 0 aromatic carbocycles. The van der Waals surface area contributed by atoms with Gasteiger partial charge >= 0.3 is 0 Å². The van der Waals surface area contributed by atoms with Crippen LogP contribution in [0.5, 0.6) is 0 Å². The van der Waals surface area contributed by atoms with E-state index in [1.165, 1.54) is 0 Å². The zero-order valence-electron chi connectivity index (χ0n) is 15.1. The largest absolute Gasteiger partial charge is 0.356 e. The molecule has 0 unspecified atom stereocenters. The van der Waals surface area contributed by atoms with Gasteiger partial charge in [-0.25, -0.2) is 9.97 Å². The van der Waals surface area contributed by atoms with Gasteiger partial charge in [-0.3, -0.25) is 9.59 Å². The molecule has 1 saturated heterocycles.